The van der Waals surface area contributed by atoms with E-state index in [1.165, 1.54) is 4.68 Å². The molecule has 7 heteroatoms. The largest absolute Gasteiger partial charge is 0.377 e. The zero-order valence-electron chi connectivity index (χ0n) is 12.1. The molecule has 0 radical (unpaired) electrons. The molecule has 20 heavy (non-hydrogen) atoms. The van der Waals surface area contributed by atoms with E-state index in [4.69, 9.17) is 4.74 Å². The van der Waals surface area contributed by atoms with Crippen molar-refractivity contribution in [3.05, 3.63) is 21.0 Å². The van der Waals surface area contributed by atoms with E-state index in [0.717, 1.165) is 25.3 Å². The lowest BCUT2D eigenvalue weighted by atomic mass is 10.1. The fourth-order valence-corrected chi connectivity index (χ4v) is 2.56. The summed E-state index contributed by atoms with van der Waals surface area (Å²) in [6.45, 7) is 4.14. The Labute approximate surface area is 127 Å². The highest BCUT2D eigenvalue weighted by Crippen LogP contribution is 2.22. The lowest BCUT2D eigenvalue weighted by Crippen LogP contribution is -2.32. The Hall–Kier alpha value is -0.920. The van der Waals surface area contributed by atoms with Crippen molar-refractivity contribution in [2.75, 3.05) is 32.6 Å². The first kappa shape index (κ1) is 15.5. The third-order valence-corrected chi connectivity index (χ3v) is 4.23. The zero-order chi connectivity index (χ0) is 14.7. The number of halogens is 1. The molecule has 1 saturated heterocycles. The molecule has 0 amide bonds. The maximum atomic E-state index is 12.2. The average Bonchev–Trinajstić information content (AvgIpc) is 2.79. The van der Waals surface area contributed by atoms with Crippen LogP contribution < -0.4 is 10.9 Å². The van der Waals surface area contributed by atoms with Gasteiger partial charge in [0, 0.05) is 13.2 Å². The molecule has 2 unspecified atom stereocenters. The van der Waals surface area contributed by atoms with E-state index < -0.39 is 0 Å². The van der Waals surface area contributed by atoms with Gasteiger partial charge in [0.1, 0.15) is 4.47 Å². The summed E-state index contributed by atoms with van der Waals surface area (Å²) in [5.41, 5.74) is 0.627. The molecule has 1 aliphatic heterocycles. The van der Waals surface area contributed by atoms with Crippen LogP contribution >= 0.6 is 15.9 Å². The van der Waals surface area contributed by atoms with E-state index >= 15 is 0 Å². The third kappa shape index (κ3) is 3.59. The van der Waals surface area contributed by atoms with Crippen LogP contribution in [0.4, 0.5) is 5.69 Å². The molecule has 1 aromatic rings. The van der Waals surface area contributed by atoms with Crippen LogP contribution in [0.25, 0.3) is 0 Å². The topological polar surface area (TPSA) is 59.4 Å². The van der Waals surface area contributed by atoms with Gasteiger partial charge in [0.05, 0.1) is 30.6 Å². The molecule has 0 saturated carbocycles. The normalized spacial score (nSPS) is 22.4. The monoisotopic (exact) mass is 344 g/mol. The van der Waals surface area contributed by atoms with Gasteiger partial charge in [-0.15, -0.1) is 0 Å². The first-order valence-electron chi connectivity index (χ1n) is 6.77. The van der Waals surface area contributed by atoms with Gasteiger partial charge in [-0.1, -0.05) is 0 Å². The predicted octanol–water partition coefficient (Wildman–Crippen LogP) is 1.16. The Morgan fingerprint density at radius 3 is 2.95 bits per heavy atom. The number of hydrogen-bond donors (Lipinski definition) is 1. The fourth-order valence-electron chi connectivity index (χ4n) is 2.14. The number of hydrogen-bond acceptors (Lipinski definition) is 5. The molecular formula is C13H21BrN4O2. The van der Waals surface area contributed by atoms with Crippen LogP contribution in [-0.4, -0.2) is 54.1 Å². The van der Waals surface area contributed by atoms with Crippen molar-refractivity contribution >= 4 is 21.6 Å². The molecule has 0 aliphatic carbocycles. The smallest absolute Gasteiger partial charge is 0.283 e. The zero-order valence-corrected chi connectivity index (χ0v) is 13.7. The Balaban J connectivity index is 2.12. The third-order valence-electron chi connectivity index (χ3n) is 3.46. The Morgan fingerprint density at radius 1 is 1.60 bits per heavy atom. The maximum absolute atomic E-state index is 12.2. The minimum absolute atomic E-state index is 0.108. The van der Waals surface area contributed by atoms with E-state index in [9.17, 15) is 4.79 Å². The number of aromatic nitrogens is 2. The second kappa shape index (κ2) is 6.69. The van der Waals surface area contributed by atoms with Crippen LogP contribution in [0.1, 0.15) is 13.3 Å². The van der Waals surface area contributed by atoms with Gasteiger partial charge in [-0.05, 0) is 43.4 Å². The molecule has 0 aromatic carbocycles. The average molecular weight is 345 g/mol. The first-order valence-corrected chi connectivity index (χ1v) is 7.57. The lowest BCUT2D eigenvalue weighted by molar-refractivity contribution is 0.121. The molecular weight excluding hydrogens is 324 g/mol. The van der Waals surface area contributed by atoms with Crippen LogP contribution in [0.5, 0.6) is 0 Å². The number of likely N-dealkylation sites (N-methyl/N-ethyl adjacent to an activating group) is 1. The van der Waals surface area contributed by atoms with Crippen molar-refractivity contribution in [3.63, 3.8) is 0 Å². The van der Waals surface area contributed by atoms with Crippen molar-refractivity contribution in [2.24, 2.45) is 0 Å². The highest BCUT2D eigenvalue weighted by atomic mass is 79.9. The predicted molar refractivity (Wildman–Crippen MR) is 82.2 cm³/mol. The van der Waals surface area contributed by atoms with Gasteiger partial charge in [-0.2, -0.15) is 5.10 Å². The van der Waals surface area contributed by atoms with E-state index in [-0.39, 0.29) is 17.7 Å². The van der Waals surface area contributed by atoms with Crippen LogP contribution in [0, 0.1) is 0 Å². The molecule has 1 aromatic heterocycles. The Morgan fingerprint density at radius 2 is 2.35 bits per heavy atom. The van der Waals surface area contributed by atoms with Crippen LogP contribution in [0.15, 0.2) is 15.5 Å². The lowest BCUT2D eigenvalue weighted by Gasteiger charge is -2.18. The molecule has 1 aliphatic rings. The van der Waals surface area contributed by atoms with Gasteiger partial charge >= 0.3 is 0 Å². The molecule has 112 valence electrons. The summed E-state index contributed by atoms with van der Waals surface area (Å²) in [6, 6.07) is 0.227. The summed E-state index contributed by atoms with van der Waals surface area (Å²) in [6.07, 6.45) is 2.79. The van der Waals surface area contributed by atoms with Gasteiger partial charge in [0.2, 0.25) is 0 Å². The molecule has 1 fully saturated rings. The molecule has 1 N–H and O–H groups in total. The standard InChI is InChI=1S/C13H21BrN4O2/c1-9-10(4-7-20-9)16-11-8-15-18(6-5-17(2)3)13(19)12(11)14/h8-10,16H,4-7H2,1-3H3. The Bertz CT molecular complexity index is 518. The fraction of sp³-hybridized carbons (Fsp3) is 0.692. The molecule has 0 spiro atoms. The molecule has 2 heterocycles. The first-order chi connectivity index (χ1) is 9.49. The minimum Gasteiger partial charge on any atom is -0.377 e. The molecule has 2 atom stereocenters. The van der Waals surface area contributed by atoms with E-state index in [1.54, 1.807) is 6.20 Å². The van der Waals surface area contributed by atoms with E-state index in [0.29, 0.717) is 11.0 Å². The van der Waals surface area contributed by atoms with Gasteiger partial charge in [0.25, 0.3) is 5.56 Å². The van der Waals surface area contributed by atoms with Crippen LogP contribution in [-0.2, 0) is 11.3 Å². The molecule has 6 nitrogen and oxygen atoms in total. The number of rotatable bonds is 5. The summed E-state index contributed by atoms with van der Waals surface area (Å²) in [7, 11) is 3.94. The van der Waals surface area contributed by atoms with Gasteiger partial charge in [-0.3, -0.25) is 4.79 Å². The van der Waals surface area contributed by atoms with Crippen molar-refractivity contribution in [1.82, 2.24) is 14.7 Å². The number of nitrogens with zero attached hydrogens (tertiary/aromatic N) is 3. The summed E-state index contributed by atoms with van der Waals surface area (Å²) >= 11 is 3.38. The molecule has 0 bridgehead atoms. The highest BCUT2D eigenvalue weighted by Gasteiger charge is 2.25. The van der Waals surface area contributed by atoms with Crippen molar-refractivity contribution in [2.45, 2.75) is 32.0 Å². The number of ether oxygens (including phenoxy) is 1. The summed E-state index contributed by atoms with van der Waals surface area (Å²) < 4.78 is 7.52. The van der Waals surface area contributed by atoms with Crippen LogP contribution in [0.2, 0.25) is 0 Å². The highest BCUT2D eigenvalue weighted by molar-refractivity contribution is 9.10. The summed E-state index contributed by atoms with van der Waals surface area (Å²) in [5, 5.41) is 7.56. The Kier molecular flexibility index (Phi) is 5.17. The van der Waals surface area contributed by atoms with Gasteiger partial charge in [0.15, 0.2) is 0 Å². The van der Waals surface area contributed by atoms with Gasteiger partial charge in [-0.25, -0.2) is 4.68 Å². The molecule has 2 rings (SSSR count). The van der Waals surface area contributed by atoms with Gasteiger partial charge < -0.3 is 15.0 Å². The van der Waals surface area contributed by atoms with Crippen molar-refractivity contribution in [3.8, 4) is 0 Å². The summed E-state index contributed by atoms with van der Waals surface area (Å²) in [4.78, 5) is 14.2. The van der Waals surface area contributed by atoms with Crippen molar-refractivity contribution in [1.29, 1.82) is 0 Å². The number of anilines is 1. The summed E-state index contributed by atoms with van der Waals surface area (Å²) in [5.74, 6) is 0. The number of nitrogens with one attached hydrogen (secondary N) is 1. The van der Waals surface area contributed by atoms with E-state index in [2.05, 4.69) is 26.3 Å². The second-order valence-electron chi connectivity index (χ2n) is 5.32. The maximum Gasteiger partial charge on any atom is 0.283 e. The SMILES string of the molecule is CC1OCCC1Nc1cnn(CCN(C)C)c(=O)c1Br. The van der Waals surface area contributed by atoms with Crippen LogP contribution in [0.3, 0.4) is 0 Å². The quantitative estimate of drug-likeness (QED) is 0.868. The van der Waals surface area contributed by atoms with Crippen molar-refractivity contribution < 1.29 is 4.74 Å². The van der Waals surface area contributed by atoms with E-state index in [1.807, 2.05) is 25.9 Å². The second-order valence-corrected chi connectivity index (χ2v) is 6.11. The minimum atomic E-state index is -0.108.